The van der Waals surface area contributed by atoms with Gasteiger partial charge in [0.1, 0.15) is 0 Å². The van der Waals surface area contributed by atoms with Crippen LogP contribution < -0.4 is 10.6 Å². The monoisotopic (exact) mass is 288 g/mol. The molecule has 1 aromatic carbocycles. The van der Waals surface area contributed by atoms with Crippen LogP contribution in [-0.2, 0) is 0 Å². The Balaban J connectivity index is 2.00. The minimum atomic E-state index is -0.00505. The number of hydrogen-bond donors (Lipinski definition) is 2. The molecule has 0 spiro atoms. The zero-order valence-electron chi connectivity index (χ0n) is 13.7. The Kier molecular flexibility index (Phi) is 4.92. The maximum absolute atomic E-state index is 11.9. The van der Waals surface area contributed by atoms with E-state index in [1.165, 1.54) is 25.7 Å². The van der Waals surface area contributed by atoms with Gasteiger partial charge in [-0.25, -0.2) is 0 Å². The molecule has 1 atom stereocenters. The molecule has 1 unspecified atom stereocenters. The van der Waals surface area contributed by atoms with Gasteiger partial charge < -0.3 is 10.6 Å². The summed E-state index contributed by atoms with van der Waals surface area (Å²) in [6, 6.07) is 8.51. The summed E-state index contributed by atoms with van der Waals surface area (Å²) in [5.74, 6) is -0.00505. The molecule has 1 saturated carbocycles. The van der Waals surface area contributed by atoms with Crippen molar-refractivity contribution in [3.63, 3.8) is 0 Å². The molecule has 1 aromatic rings. The van der Waals surface area contributed by atoms with E-state index in [9.17, 15) is 4.79 Å². The van der Waals surface area contributed by atoms with Crippen molar-refractivity contribution in [2.45, 2.75) is 65.5 Å². The van der Waals surface area contributed by atoms with Crippen molar-refractivity contribution in [2.24, 2.45) is 5.41 Å². The Bertz CT molecular complexity index is 476. The van der Waals surface area contributed by atoms with Crippen molar-refractivity contribution in [2.75, 3.05) is 5.32 Å². The first-order valence-corrected chi connectivity index (χ1v) is 8.06. The number of carbonyl (C=O) groups excluding carboxylic acids is 1. The van der Waals surface area contributed by atoms with Crippen LogP contribution in [0.5, 0.6) is 0 Å². The van der Waals surface area contributed by atoms with Crippen LogP contribution in [0.1, 0.15) is 63.7 Å². The first-order valence-electron chi connectivity index (χ1n) is 8.06. The molecule has 1 fully saturated rings. The fourth-order valence-electron chi connectivity index (χ4n) is 3.03. The fourth-order valence-corrected chi connectivity index (χ4v) is 3.03. The molecular weight excluding hydrogens is 260 g/mol. The van der Waals surface area contributed by atoms with E-state index in [2.05, 4.69) is 24.5 Å². The number of rotatable bonds is 4. The van der Waals surface area contributed by atoms with Gasteiger partial charge in [-0.1, -0.05) is 26.7 Å². The van der Waals surface area contributed by atoms with Gasteiger partial charge in [-0.2, -0.15) is 0 Å². The van der Waals surface area contributed by atoms with Gasteiger partial charge in [0.25, 0.3) is 5.91 Å². The first-order chi connectivity index (χ1) is 9.88. The number of hydrogen-bond acceptors (Lipinski definition) is 2. The van der Waals surface area contributed by atoms with Crippen molar-refractivity contribution < 1.29 is 4.79 Å². The molecule has 1 amide bonds. The lowest BCUT2D eigenvalue weighted by Gasteiger charge is -2.39. The topological polar surface area (TPSA) is 41.1 Å². The molecule has 0 aliphatic heterocycles. The predicted octanol–water partition coefficient (Wildman–Crippen LogP) is 4.21. The maximum Gasteiger partial charge on any atom is 0.251 e. The van der Waals surface area contributed by atoms with Gasteiger partial charge in [0.2, 0.25) is 0 Å². The molecule has 0 radical (unpaired) electrons. The second-order valence-corrected chi connectivity index (χ2v) is 7.14. The van der Waals surface area contributed by atoms with Crippen LogP contribution in [0.2, 0.25) is 0 Å². The minimum absolute atomic E-state index is 0.00505. The Morgan fingerprint density at radius 3 is 2.43 bits per heavy atom. The average molecular weight is 288 g/mol. The molecule has 116 valence electrons. The van der Waals surface area contributed by atoms with Crippen LogP contribution in [0.4, 0.5) is 5.69 Å². The van der Waals surface area contributed by atoms with E-state index in [0.29, 0.717) is 11.5 Å². The van der Waals surface area contributed by atoms with Crippen LogP contribution in [0.15, 0.2) is 24.3 Å². The third-order valence-corrected chi connectivity index (χ3v) is 4.41. The Morgan fingerprint density at radius 2 is 1.86 bits per heavy atom. The molecule has 3 heteroatoms. The van der Waals surface area contributed by atoms with Gasteiger partial charge in [-0.3, -0.25) is 4.79 Å². The molecule has 21 heavy (non-hydrogen) atoms. The summed E-state index contributed by atoms with van der Waals surface area (Å²) in [4.78, 5) is 11.9. The molecule has 1 aliphatic carbocycles. The van der Waals surface area contributed by atoms with Gasteiger partial charge in [0, 0.05) is 23.3 Å². The summed E-state index contributed by atoms with van der Waals surface area (Å²) >= 11 is 0. The number of carbonyl (C=O) groups is 1. The van der Waals surface area contributed by atoms with Gasteiger partial charge in [-0.05, 0) is 56.4 Å². The van der Waals surface area contributed by atoms with Gasteiger partial charge in [0.05, 0.1) is 0 Å². The van der Waals surface area contributed by atoms with Crippen LogP contribution in [0.3, 0.4) is 0 Å². The van der Waals surface area contributed by atoms with E-state index in [-0.39, 0.29) is 11.9 Å². The zero-order chi connectivity index (χ0) is 15.5. The van der Waals surface area contributed by atoms with Crippen molar-refractivity contribution in [3.8, 4) is 0 Å². The normalized spacial score (nSPS) is 21.1. The highest BCUT2D eigenvalue weighted by molar-refractivity contribution is 5.94. The highest BCUT2D eigenvalue weighted by Gasteiger charge is 2.31. The molecule has 3 nitrogen and oxygen atoms in total. The van der Waals surface area contributed by atoms with Crippen molar-refractivity contribution in [1.82, 2.24) is 5.32 Å². The molecule has 0 bridgehead atoms. The smallest absolute Gasteiger partial charge is 0.251 e. The van der Waals surface area contributed by atoms with Crippen molar-refractivity contribution >= 4 is 11.6 Å². The Labute approximate surface area is 128 Å². The van der Waals surface area contributed by atoms with Gasteiger partial charge in [-0.15, -0.1) is 0 Å². The van der Waals surface area contributed by atoms with Gasteiger partial charge in [0.15, 0.2) is 0 Å². The van der Waals surface area contributed by atoms with E-state index in [4.69, 9.17) is 0 Å². The van der Waals surface area contributed by atoms with Crippen LogP contribution in [0, 0.1) is 5.41 Å². The molecule has 0 heterocycles. The largest absolute Gasteiger partial charge is 0.382 e. The van der Waals surface area contributed by atoms with Crippen LogP contribution in [-0.4, -0.2) is 18.0 Å². The number of benzene rings is 1. The quantitative estimate of drug-likeness (QED) is 0.871. The second kappa shape index (κ2) is 6.50. The lowest BCUT2D eigenvalue weighted by atomic mass is 9.73. The standard InChI is InChI=1S/C18H28N2O/c1-13(2)19-17(21)14-8-10-15(11-9-14)20-16-7-5-6-12-18(16,3)4/h8-11,13,16,20H,5-7,12H2,1-4H3,(H,19,21). The van der Waals surface area contributed by atoms with E-state index >= 15 is 0 Å². The average Bonchev–Trinajstić information content (AvgIpc) is 2.41. The van der Waals surface area contributed by atoms with E-state index < -0.39 is 0 Å². The second-order valence-electron chi connectivity index (χ2n) is 7.14. The maximum atomic E-state index is 11.9. The first kappa shape index (κ1) is 15.9. The highest BCUT2D eigenvalue weighted by atomic mass is 16.1. The van der Waals surface area contributed by atoms with Crippen molar-refractivity contribution in [1.29, 1.82) is 0 Å². The molecule has 1 aliphatic rings. The lowest BCUT2D eigenvalue weighted by Crippen LogP contribution is -2.38. The summed E-state index contributed by atoms with van der Waals surface area (Å²) in [7, 11) is 0. The molecule has 2 rings (SSSR count). The summed E-state index contributed by atoms with van der Waals surface area (Å²) in [5, 5.41) is 6.56. The summed E-state index contributed by atoms with van der Waals surface area (Å²) in [6.07, 6.45) is 5.14. The summed E-state index contributed by atoms with van der Waals surface area (Å²) in [6.45, 7) is 8.63. The van der Waals surface area contributed by atoms with Crippen LogP contribution in [0.25, 0.3) is 0 Å². The number of amides is 1. The van der Waals surface area contributed by atoms with E-state index in [0.717, 1.165) is 11.3 Å². The Hall–Kier alpha value is -1.51. The minimum Gasteiger partial charge on any atom is -0.382 e. The van der Waals surface area contributed by atoms with Gasteiger partial charge >= 0.3 is 0 Å². The summed E-state index contributed by atoms with van der Waals surface area (Å²) in [5.41, 5.74) is 2.17. The van der Waals surface area contributed by atoms with Crippen molar-refractivity contribution in [3.05, 3.63) is 29.8 Å². The van der Waals surface area contributed by atoms with Crippen LogP contribution >= 0.6 is 0 Å². The summed E-state index contributed by atoms with van der Waals surface area (Å²) < 4.78 is 0. The number of nitrogens with one attached hydrogen (secondary N) is 2. The SMILES string of the molecule is CC(C)NC(=O)c1ccc(NC2CCCCC2(C)C)cc1. The zero-order valence-corrected chi connectivity index (χ0v) is 13.7. The molecule has 0 saturated heterocycles. The Morgan fingerprint density at radius 1 is 1.19 bits per heavy atom. The number of anilines is 1. The fraction of sp³-hybridized carbons (Fsp3) is 0.611. The van der Waals surface area contributed by atoms with E-state index in [1.54, 1.807) is 0 Å². The van der Waals surface area contributed by atoms with E-state index in [1.807, 2.05) is 38.1 Å². The molecule has 0 aromatic heterocycles. The highest BCUT2D eigenvalue weighted by Crippen LogP contribution is 2.37. The molecule has 2 N–H and O–H groups in total. The molecular formula is C18H28N2O. The predicted molar refractivity (Wildman–Crippen MR) is 88.7 cm³/mol. The third-order valence-electron chi connectivity index (χ3n) is 4.41. The third kappa shape index (κ3) is 4.23. The lowest BCUT2D eigenvalue weighted by molar-refractivity contribution is 0.0943.